The molecular formula is C11H13N3O5. The fourth-order valence-electron chi connectivity index (χ4n) is 1.95. The van der Waals surface area contributed by atoms with E-state index in [9.17, 15) is 15.0 Å². The fraction of sp³-hybridized carbons (Fsp3) is 0.455. The Kier molecular flexibility index (Phi) is 3.30. The molecule has 0 radical (unpaired) electrons. The Labute approximate surface area is 108 Å². The number of terminal acetylenes is 1. The van der Waals surface area contributed by atoms with Crippen molar-refractivity contribution in [1.29, 1.82) is 0 Å². The highest BCUT2D eigenvalue weighted by atomic mass is 16.6. The number of nitrogens with two attached hydrogens (primary N) is 1. The molecule has 8 heteroatoms. The smallest absolute Gasteiger partial charge is 0.351 e. The van der Waals surface area contributed by atoms with Gasteiger partial charge in [-0.2, -0.15) is 4.98 Å². The van der Waals surface area contributed by atoms with Gasteiger partial charge < -0.3 is 25.8 Å². The molecule has 2 heterocycles. The van der Waals surface area contributed by atoms with Crippen LogP contribution in [0.1, 0.15) is 6.23 Å². The van der Waals surface area contributed by atoms with Gasteiger partial charge in [-0.15, -0.1) is 6.42 Å². The molecule has 0 bridgehead atoms. The Morgan fingerprint density at radius 1 is 1.68 bits per heavy atom. The summed E-state index contributed by atoms with van der Waals surface area (Å²) in [6.45, 7) is -0.606. The van der Waals surface area contributed by atoms with Gasteiger partial charge in [-0.3, -0.25) is 4.57 Å². The number of nitrogen functional groups attached to an aromatic ring is 1. The van der Waals surface area contributed by atoms with Crippen molar-refractivity contribution < 1.29 is 20.1 Å². The lowest BCUT2D eigenvalue weighted by atomic mass is 9.93. The maximum Gasteiger partial charge on any atom is 0.351 e. The molecule has 0 aromatic carbocycles. The highest BCUT2D eigenvalue weighted by Gasteiger charge is 2.55. The summed E-state index contributed by atoms with van der Waals surface area (Å²) in [5, 5.41) is 29.2. The molecule has 1 aromatic rings. The van der Waals surface area contributed by atoms with E-state index in [1.54, 1.807) is 0 Å². The monoisotopic (exact) mass is 267 g/mol. The summed E-state index contributed by atoms with van der Waals surface area (Å²) in [6, 6.07) is 1.33. The second kappa shape index (κ2) is 4.64. The number of nitrogens with zero attached hydrogens (tertiary/aromatic N) is 2. The van der Waals surface area contributed by atoms with E-state index >= 15 is 0 Å². The van der Waals surface area contributed by atoms with Crippen LogP contribution in [0, 0.1) is 12.3 Å². The molecule has 0 amide bonds. The lowest BCUT2D eigenvalue weighted by molar-refractivity contribution is -0.0624. The zero-order chi connectivity index (χ0) is 14.2. The average molecular weight is 267 g/mol. The first-order valence-electron chi connectivity index (χ1n) is 5.43. The first-order chi connectivity index (χ1) is 8.93. The molecule has 1 saturated heterocycles. The van der Waals surface area contributed by atoms with Gasteiger partial charge >= 0.3 is 5.69 Å². The Hall–Kier alpha value is -1.92. The summed E-state index contributed by atoms with van der Waals surface area (Å²) in [5.41, 5.74) is 2.50. The van der Waals surface area contributed by atoms with Crippen molar-refractivity contribution in [3.05, 3.63) is 22.7 Å². The van der Waals surface area contributed by atoms with E-state index in [0.717, 1.165) is 4.57 Å². The second-order valence-corrected chi connectivity index (χ2v) is 4.15. The van der Waals surface area contributed by atoms with E-state index in [4.69, 9.17) is 22.0 Å². The molecule has 4 atom stereocenters. The summed E-state index contributed by atoms with van der Waals surface area (Å²) in [4.78, 5) is 15.1. The third-order valence-electron chi connectivity index (χ3n) is 3.04. The molecule has 0 aliphatic carbocycles. The largest absolute Gasteiger partial charge is 0.394 e. The van der Waals surface area contributed by atoms with Gasteiger partial charge in [0.1, 0.15) is 18.0 Å². The van der Waals surface area contributed by atoms with Crippen LogP contribution in [-0.4, -0.2) is 49.3 Å². The number of hydrogen-bond acceptors (Lipinski definition) is 7. The number of aliphatic hydroxyl groups is 3. The normalized spacial score (nSPS) is 34.1. The molecule has 8 nitrogen and oxygen atoms in total. The van der Waals surface area contributed by atoms with Crippen LogP contribution >= 0.6 is 0 Å². The van der Waals surface area contributed by atoms with Gasteiger partial charge in [0.2, 0.25) is 0 Å². The Morgan fingerprint density at radius 2 is 2.37 bits per heavy atom. The summed E-state index contributed by atoms with van der Waals surface area (Å²) in [5.74, 6) is 2.00. The van der Waals surface area contributed by atoms with Gasteiger partial charge in [0.15, 0.2) is 11.8 Å². The molecule has 5 N–H and O–H groups in total. The van der Waals surface area contributed by atoms with Gasteiger partial charge in [-0.25, -0.2) is 4.79 Å². The SMILES string of the molecule is C#C[C@@]1(O)C(CO)O[C@@H](n2ccc(N)nc2=O)[C@@H]1O. The maximum absolute atomic E-state index is 11.7. The van der Waals surface area contributed by atoms with Gasteiger partial charge in [-0.1, -0.05) is 5.92 Å². The van der Waals surface area contributed by atoms with Crippen molar-refractivity contribution in [2.24, 2.45) is 0 Å². The minimum absolute atomic E-state index is 0.0136. The van der Waals surface area contributed by atoms with Crippen molar-refractivity contribution in [3.8, 4) is 12.3 Å². The Balaban J connectivity index is 2.43. The number of anilines is 1. The molecular weight excluding hydrogens is 254 g/mol. The molecule has 1 unspecified atom stereocenters. The summed E-state index contributed by atoms with van der Waals surface area (Å²) in [6.07, 6.45) is 2.37. The van der Waals surface area contributed by atoms with Crippen LogP contribution in [-0.2, 0) is 4.74 Å². The van der Waals surface area contributed by atoms with Crippen LogP contribution in [0.4, 0.5) is 5.82 Å². The highest BCUT2D eigenvalue weighted by molar-refractivity contribution is 5.24. The highest BCUT2D eigenvalue weighted by Crippen LogP contribution is 2.35. The summed E-state index contributed by atoms with van der Waals surface area (Å²) in [7, 11) is 0. The predicted molar refractivity (Wildman–Crippen MR) is 63.7 cm³/mol. The van der Waals surface area contributed by atoms with Crippen molar-refractivity contribution in [1.82, 2.24) is 9.55 Å². The van der Waals surface area contributed by atoms with Crippen molar-refractivity contribution in [2.45, 2.75) is 24.0 Å². The van der Waals surface area contributed by atoms with E-state index in [2.05, 4.69) is 4.98 Å². The zero-order valence-electron chi connectivity index (χ0n) is 9.80. The lowest BCUT2D eigenvalue weighted by Crippen LogP contribution is -2.48. The lowest BCUT2D eigenvalue weighted by Gasteiger charge is -2.23. The van der Waals surface area contributed by atoms with Gasteiger partial charge in [-0.05, 0) is 6.07 Å². The van der Waals surface area contributed by atoms with Crippen LogP contribution in [0.15, 0.2) is 17.1 Å². The number of rotatable bonds is 2. The number of ether oxygens (including phenoxy) is 1. The standard InChI is InChI=1S/C11H13N3O5/c1-2-11(18)6(5-15)19-9(8(11)16)14-4-3-7(12)13-10(14)17/h1,3-4,6,8-9,15-16,18H,5H2,(H2,12,13,17)/t6?,8-,9+,11+/m0/s1. The Morgan fingerprint density at radius 3 is 2.84 bits per heavy atom. The van der Waals surface area contributed by atoms with E-state index in [0.29, 0.717) is 0 Å². The zero-order valence-corrected chi connectivity index (χ0v) is 9.80. The first kappa shape index (κ1) is 13.5. The van der Waals surface area contributed by atoms with Crippen LogP contribution in [0.2, 0.25) is 0 Å². The van der Waals surface area contributed by atoms with Gasteiger partial charge in [0.25, 0.3) is 0 Å². The molecule has 1 aliphatic rings. The molecule has 2 rings (SSSR count). The third-order valence-corrected chi connectivity index (χ3v) is 3.04. The molecule has 1 fully saturated rings. The van der Waals surface area contributed by atoms with Crippen LogP contribution in [0.5, 0.6) is 0 Å². The fourth-order valence-corrected chi connectivity index (χ4v) is 1.95. The van der Waals surface area contributed by atoms with E-state index in [1.807, 2.05) is 5.92 Å². The molecule has 0 spiro atoms. The van der Waals surface area contributed by atoms with E-state index in [1.165, 1.54) is 12.3 Å². The topological polar surface area (TPSA) is 131 Å². The van der Waals surface area contributed by atoms with Crippen molar-refractivity contribution >= 4 is 5.82 Å². The summed E-state index contributed by atoms with van der Waals surface area (Å²) < 4.78 is 6.17. The Bertz CT molecular complexity index is 580. The average Bonchev–Trinajstić information content (AvgIpc) is 2.63. The van der Waals surface area contributed by atoms with Crippen LogP contribution < -0.4 is 11.4 Å². The molecule has 19 heavy (non-hydrogen) atoms. The first-order valence-corrected chi connectivity index (χ1v) is 5.43. The quantitative estimate of drug-likeness (QED) is 0.433. The second-order valence-electron chi connectivity index (χ2n) is 4.15. The van der Waals surface area contributed by atoms with Crippen molar-refractivity contribution in [3.63, 3.8) is 0 Å². The summed E-state index contributed by atoms with van der Waals surface area (Å²) >= 11 is 0. The van der Waals surface area contributed by atoms with Gasteiger partial charge in [0.05, 0.1) is 6.61 Å². The van der Waals surface area contributed by atoms with Crippen molar-refractivity contribution in [2.75, 3.05) is 12.3 Å². The minimum Gasteiger partial charge on any atom is -0.394 e. The number of aliphatic hydroxyl groups excluding tert-OH is 2. The molecule has 0 saturated carbocycles. The van der Waals surface area contributed by atoms with Gasteiger partial charge in [0, 0.05) is 6.20 Å². The molecule has 102 valence electrons. The maximum atomic E-state index is 11.7. The minimum atomic E-state index is -2.08. The number of hydrogen-bond donors (Lipinski definition) is 4. The van der Waals surface area contributed by atoms with Crippen LogP contribution in [0.3, 0.4) is 0 Å². The number of aromatic nitrogens is 2. The molecule has 1 aliphatic heterocycles. The predicted octanol–water partition coefficient (Wildman–Crippen LogP) is -2.56. The third kappa shape index (κ3) is 1.98. The molecule has 1 aromatic heterocycles. The van der Waals surface area contributed by atoms with E-state index in [-0.39, 0.29) is 5.82 Å². The van der Waals surface area contributed by atoms with E-state index < -0.39 is 36.3 Å². The van der Waals surface area contributed by atoms with Crippen LogP contribution in [0.25, 0.3) is 0 Å².